The fourth-order valence-corrected chi connectivity index (χ4v) is 2.02. The van der Waals surface area contributed by atoms with Gasteiger partial charge in [0.1, 0.15) is 12.6 Å². The SMILES string of the molecule is COc1cc(C[C@@H](N)C(=O)OCc2ccccc2)ccc1O.Cl. The number of ether oxygens (including phenoxy) is 2. The predicted octanol–water partition coefficient (Wildman–Crippen LogP) is 2.44. The molecular weight excluding hydrogens is 318 g/mol. The van der Waals surface area contributed by atoms with E-state index in [1.165, 1.54) is 13.2 Å². The van der Waals surface area contributed by atoms with Gasteiger partial charge >= 0.3 is 5.97 Å². The Morgan fingerprint density at radius 1 is 1.17 bits per heavy atom. The molecule has 3 N–H and O–H groups in total. The maximum atomic E-state index is 11.9. The lowest BCUT2D eigenvalue weighted by molar-refractivity contribution is -0.146. The van der Waals surface area contributed by atoms with Crippen LogP contribution in [0.4, 0.5) is 0 Å². The van der Waals surface area contributed by atoms with E-state index in [-0.39, 0.29) is 24.8 Å². The van der Waals surface area contributed by atoms with Crippen molar-refractivity contribution in [1.82, 2.24) is 0 Å². The van der Waals surface area contributed by atoms with Crippen LogP contribution < -0.4 is 10.5 Å². The molecule has 0 fully saturated rings. The Bertz CT molecular complexity index is 634. The van der Waals surface area contributed by atoms with E-state index in [2.05, 4.69) is 0 Å². The van der Waals surface area contributed by atoms with Gasteiger partial charge < -0.3 is 20.3 Å². The molecule has 0 aromatic heterocycles. The first-order valence-electron chi connectivity index (χ1n) is 6.92. The number of rotatable bonds is 6. The summed E-state index contributed by atoms with van der Waals surface area (Å²) in [4.78, 5) is 11.9. The van der Waals surface area contributed by atoms with Crippen LogP contribution in [-0.2, 0) is 22.6 Å². The number of methoxy groups -OCH3 is 1. The number of phenols is 1. The van der Waals surface area contributed by atoms with Crippen LogP contribution in [0.2, 0.25) is 0 Å². The lowest BCUT2D eigenvalue weighted by Gasteiger charge is -2.13. The minimum absolute atomic E-state index is 0. The molecule has 5 nitrogen and oxygen atoms in total. The first-order chi connectivity index (χ1) is 10.6. The zero-order valence-corrected chi connectivity index (χ0v) is 13.6. The van der Waals surface area contributed by atoms with E-state index in [0.717, 1.165) is 11.1 Å². The standard InChI is InChI=1S/C17H19NO4.ClH/c1-21-16-10-13(7-8-15(16)19)9-14(18)17(20)22-11-12-5-3-2-4-6-12;/h2-8,10,14,19H,9,11,18H2,1H3;1H/t14-;/m1./s1. The third-order valence-electron chi connectivity index (χ3n) is 3.23. The smallest absolute Gasteiger partial charge is 0.323 e. The van der Waals surface area contributed by atoms with E-state index < -0.39 is 12.0 Å². The Kier molecular flexibility index (Phi) is 7.38. The molecule has 0 aliphatic rings. The first kappa shape index (κ1) is 18.8. The quantitative estimate of drug-likeness (QED) is 0.791. The van der Waals surface area contributed by atoms with Crippen molar-refractivity contribution >= 4 is 18.4 Å². The van der Waals surface area contributed by atoms with Crippen LogP contribution in [0.3, 0.4) is 0 Å². The second-order valence-corrected chi connectivity index (χ2v) is 4.91. The molecule has 6 heteroatoms. The second-order valence-electron chi connectivity index (χ2n) is 4.91. The van der Waals surface area contributed by atoms with Crippen molar-refractivity contribution in [3.05, 3.63) is 59.7 Å². The number of hydrogen-bond acceptors (Lipinski definition) is 5. The molecule has 124 valence electrons. The monoisotopic (exact) mass is 337 g/mol. The highest BCUT2D eigenvalue weighted by Gasteiger charge is 2.16. The molecule has 0 aliphatic heterocycles. The highest BCUT2D eigenvalue weighted by molar-refractivity contribution is 5.85. The molecule has 2 rings (SSSR count). The van der Waals surface area contributed by atoms with Gasteiger partial charge in [0, 0.05) is 0 Å². The van der Waals surface area contributed by atoms with Crippen molar-refractivity contribution in [2.24, 2.45) is 5.73 Å². The van der Waals surface area contributed by atoms with Crippen LogP contribution in [0.25, 0.3) is 0 Å². The van der Waals surface area contributed by atoms with Gasteiger partial charge in [-0.15, -0.1) is 12.4 Å². The summed E-state index contributed by atoms with van der Waals surface area (Å²) in [5, 5.41) is 9.54. The van der Waals surface area contributed by atoms with Crippen molar-refractivity contribution in [3.63, 3.8) is 0 Å². The Morgan fingerprint density at radius 3 is 2.52 bits per heavy atom. The Labute approximate surface area is 141 Å². The van der Waals surface area contributed by atoms with Gasteiger partial charge in [0.15, 0.2) is 11.5 Å². The van der Waals surface area contributed by atoms with Gasteiger partial charge in [0.05, 0.1) is 7.11 Å². The normalized spacial score (nSPS) is 11.2. The molecule has 0 amide bonds. The van der Waals surface area contributed by atoms with Crippen molar-refractivity contribution in [2.45, 2.75) is 19.1 Å². The third kappa shape index (κ3) is 5.47. The highest BCUT2D eigenvalue weighted by atomic mass is 35.5. The highest BCUT2D eigenvalue weighted by Crippen LogP contribution is 2.26. The van der Waals surface area contributed by atoms with Crippen molar-refractivity contribution in [1.29, 1.82) is 0 Å². The second kappa shape index (κ2) is 9.02. The first-order valence-corrected chi connectivity index (χ1v) is 6.92. The number of phenolic OH excluding ortho intramolecular Hbond substituents is 1. The largest absolute Gasteiger partial charge is 0.504 e. The molecule has 1 atom stereocenters. The van der Waals surface area contributed by atoms with Crippen LogP contribution in [0.1, 0.15) is 11.1 Å². The topological polar surface area (TPSA) is 81.8 Å². The summed E-state index contributed by atoms with van der Waals surface area (Å²) in [5.74, 6) is -0.0651. The van der Waals surface area contributed by atoms with Gasteiger partial charge in [-0.1, -0.05) is 36.4 Å². The van der Waals surface area contributed by atoms with E-state index in [1.54, 1.807) is 12.1 Å². The minimum atomic E-state index is -0.766. The molecule has 0 unspecified atom stereocenters. The van der Waals surface area contributed by atoms with Gasteiger partial charge in [-0.05, 0) is 29.7 Å². The summed E-state index contributed by atoms with van der Waals surface area (Å²) in [7, 11) is 1.47. The fraction of sp³-hybridized carbons (Fsp3) is 0.235. The number of carbonyl (C=O) groups excluding carboxylic acids is 1. The molecule has 0 aliphatic carbocycles. The third-order valence-corrected chi connectivity index (χ3v) is 3.23. The summed E-state index contributed by atoms with van der Waals surface area (Å²) in [6, 6.07) is 13.5. The molecule has 0 saturated heterocycles. The molecule has 0 saturated carbocycles. The molecule has 0 heterocycles. The van der Waals surface area contributed by atoms with Gasteiger partial charge in [0.25, 0.3) is 0 Å². The number of benzene rings is 2. The van der Waals surface area contributed by atoms with Crippen LogP contribution >= 0.6 is 12.4 Å². The molecule has 2 aromatic carbocycles. The fourth-order valence-electron chi connectivity index (χ4n) is 2.02. The summed E-state index contributed by atoms with van der Waals surface area (Å²) in [6.45, 7) is 0.201. The molecule has 0 radical (unpaired) electrons. The van der Waals surface area contributed by atoms with Crippen molar-refractivity contribution in [2.75, 3.05) is 7.11 Å². The number of hydrogen-bond donors (Lipinski definition) is 2. The summed E-state index contributed by atoms with van der Waals surface area (Å²) >= 11 is 0. The average molecular weight is 338 g/mol. The van der Waals surface area contributed by atoms with Gasteiger partial charge in [0.2, 0.25) is 0 Å². The number of aromatic hydroxyl groups is 1. The zero-order valence-electron chi connectivity index (χ0n) is 12.8. The molecule has 0 bridgehead atoms. The maximum absolute atomic E-state index is 11.9. The van der Waals surface area contributed by atoms with Crippen LogP contribution in [-0.4, -0.2) is 24.2 Å². The van der Waals surface area contributed by atoms with E-state index >= 15 is 0 Å². The molecular formula is C17H20ClNO4. The molecule has 23 heavy (non-hydrogen) atoms. The van der Waals surface area contributed by atoms with Gasteiger partial charge in [-0.3, -0.25) is 4.79 Å². The predicted molar refractivity (Wildman–Crippen MR) is 89.8 cm³/mol. The van der Waals surface area contributed by atoms with Crippen LogP contribution in [0, 0.1) is 0 Å². The number of nitrogens with two attached hydrogens (primary N) is 1. The van der Waals surface area contributed by atoms with Gasteiger partial charge in [-0.2, -0.15) is 0 Å². The minimum Gasteiger partial charge on any atom is -0.504 e. The summed E-state index contributed by atoms with van der Waals surface area (Å²) < 4.78 is 10.2. The van der Waals surface area contributed by atoms with E-state index in [9.17, 15) is 9.90 Å². The Hall–Kier alpha value is -2.24. The Balaban J connectivity index is 0.00000264. The summed E-state index contributed by atoms with van der Waals surface area (Å²) in [6.07, 6.45) is 0.310. The number of halogens is 1. The number of esters is 1. The van der Waals surface area contributed by atoms with E-state index in [4.69, 9.17) is 15.2 Å². The Morgan fingerprint density at radius 2 is 1.87 bits per heavy atom. The lowest BCUT2D eigenvalue weighted by Crippen LogP contribution is -2.34. The molecule has 2 aromatic rings. The average Bonchev–Trinajstić information content (AvgIpc) is 2.55. The van der Waals surface area contributed by atoms with Crippen LogP contribution in [0.5, 0.6) is 11.5 Å². The van der Waals surface area contributed by atoms with Crippen molar-refractivity contribution < 1.29 is 19.4 Å². The summed E-state index contributed by atoms with van der Waals surface area (Å²) in [5.41, 5.74) is 7.57. The zero-order chi connectivity index (χ0) is 15.9. The van der Waals surface area contributed by atoms with Gasteiger partial charge in [-0.25, -0.2) is 0 Å². The lowest BCUT2D eigenvalue weighted by atomic mass is 10.1. The number of carbonyl (C=O) groups is 1. The van der Waals surface area contributed by atoms with Crippen molar-refractivity contribution in [3.8, 4) is 11.5 Å². The van der Waals surface area contributed by atoms with E-state index in [1.807, 2.05) is 30.3 Å². The molecule has 0 spiro atoms. The van der Waals surface area contributed by atoms with E-state index in [0.29, 0.717) is 12.2 Å². The maximum Gasteiger partial charge on any atom is 0.323 e. The van der Waals surface area contributed by atoms with Crippen LogP contribution in [0.15, 0.2) is 48.5 Å².